The minimum Gasteiger partial charge on any atom is -0.462 e. The maximum Gasteiger partial charge on any atom is 0.412 e. The molecular weight excluding hydrogens is 845 g/mol. The van der Waals surface area contributed by atoms with Crippen molar-refractivity contribution in [3.05, 3.63) is 64.2 Å². The number of esters is 2. The quantitative estimate of drug-likeness (QED) is 0.0426. The highest BCUT2D eigenvalue weighted by Crippen LogP contribution is 2.67. The summed E-state index contributed by atoms with van der Waals surface area (Å²) in [6.07, 6.45) is 15.1. The van der Waals surface area contributed by atoms with E-state index >= 15 is 0 Å². The number of hydrogen-bond acceptors (Lipinski definition) is 13. The van der Waals surface area contributed by atoms with E-state index in [0.717, 1.165) is 60.8 Å². The normalized spacial score (nSPS) is 30.7. The lowest BCUT2D eigenvalue weighted by atomic mass is 9.47. The predicted molar refractivity (Wildman–Crippen MR) is 245 cm³/mol. The molecule has 16 nitrogen and oxygen atoms in total. The number of benzene rings is 1. The standard InChI is InChI=1S/C50H68N6O10/c1-30(2)7-6-8-31(3)38-15-16-39-37-14-11-33-25-35(19-22-49(33,4)40(37)20-23-50(38,39)5)64-42(58)17-18-43(59)66-41-26-36(27-57)65-47(41)55-29-53-44-45(51-28-52-46(44)55)54-48(60)63-24-21-32-9-12-34(13-10-32)56(61)62/h9-13,28-31,35-41,47,57H,6-8,14-27H2,1-5H3,(H,51,52,54,60)/t31-,35?,36+,37?,38-,39?,40?,41-,47-,49+,50-/m1/s1. The molecule has 4 fully saturated rings. The van der Waals surface area contributed by atoms with Crippen molar-refractivity contribution in [2.75, 3.05) is 18.5 Å². The summed E-state index contributed by atoms with van der Waals surface area (Å²) in [7, 11) is 0. The number of fused-ring (bicyclic) bond motifs is 6. The van der Waals surface area contributed by atoms with Crippen molar-refractivity contribution in [1.29, 1.82) is 0 Å². The molecule has 5 aliphatic rings. The summed E-state index contributed by atoms with van der Waals surface area (Å²) in [6, 6.07) is 5.97. The van der Waals surface area contributed by atoms with Crippen molar-refractivity contribution in [1.82, 2.24) is 19.5 Å². The molecule has 1 amide bonds. The first kappa shape index (κ1) is 47.5. The number of nitrogens with one attached hydrogen (secondary N) is 1. The number of aliphatic hydroxyl groups excluding tert-OH is 1. The minimum atomic E-state index is -0.907. The van der Waals surface area contributed by atoms with Gasteiger partial charge < -0.3 is 24.1 Å². The first-order valence-corrected chi connectivity index (χ1v) is 24.4. The molecule has 4 aliphatic carbocycles. The van der Waals surface area contributed by atoms with Crippen LogP contribution in [0.4, 0.5) is 16.3 Å². The Kier molecular flexibility index (Phi) is 14.5. The number of amides is 1. The van der Waals surface area contributed by atoms with Crippen molar-refractivity contribution >= 4 is 40.7 Å². The molecule has 0 bridgehead atoms. The second-order valence-corrected chi connectivity index (χ2v) is 20.7. The summed E-state index contributed by atoms with van der Waals surface area (Å²) in [5, 5.41) is 23.5. The maximum atomic E-state index is 13.3. The van der Waals surface area contributed by atoms with Crippen LogP contribution in [0.1, 0.15) is 136 Å². The monoisotopic (exact) mass is 912 g/mol. The number of aliphatic hydroxyl groups is 1. The minimum absolute atomic E-state index is 0.00747. The number of carbonyl (C=O) groups excluding carboxylic acids is 3. The van der Waals surface area contributed by atoms with Crippen LogP contribution in [0, 0.1) is 56.5 Å². The highest BCUT2D eigenvalue weighted by Gasteiger charge is 2.59. The number of allylic oxidation sites excluding steroid dienone is 1. The van der Waals surface area contributed by atoms with Crippen LogP contribution in [0.2, 0.25) is 0 Å². The Morgan fingerprint density at radius 1 is 0.985 bits per heavy atom. The molecule has 3 aromatic rings. The lowest BCUT2D eigenvalue weighted by Crippen LogP contribution is -2.51. The second kappa shape index (κ2) is 20.1. The van der Waals surface area contributed by atoms with Gasteiger partial charge in [0.25, 0.3) is 5.69 Å². The third-order valence-corrected chi connectivity index (χ3v) is 16.3. The Bertz CT molecular complexity index is 2260. The average Bonchev–Trinajstić information content (AvgIpc) is 4.01. The molecule has 3 saturated carbocycles. The predicted octanol–water partition coefficient (Wildman–Crippen LogP) is 9.45. The van der Waals surface area contributed by atoms with E-state index in [1.165, 1.54) is 75.3 Å². The molecule has 358 valence electrons. The molecule has 1 aliphatic heterocycles. The smallest absolute Gasteiger partial charge is 0.412 e. The number of nitrogens with zero attached hydrogens (tertiary/aromatic N) is 5. The Labute approximate surface area is 387 Å². The second-order valence-electron chi connectivity index (χ2n) is 20.7. The molecule has 1 saturated heterocycles. The van der Waals surface area contributed by atoms with E-state index in [4.69, 9.17) is 18.9 Å². The van der Waals surface area contributed by atoms with Crippen LogP contribution in [0.25, 0.3) is 11.2 Å². The van der Waals surface area contributed by atoms with Crippen molar-refractivity contribution < 1.29 is 43.4 Å². The van der Waals surface area contributed by atoms with Gasteiger partial charge in [0.05, 0.1) is 43.4 Å². The number of ether oxygens (including phenoxy) is 4. The molecule has 0 radical (unpaired) electrons. The van der Waals surface area contributed by atoms with Crippen LogP contribution in [-0.2, 0) is 35.0 Å². The number of non-ortho nitro benzene ring substituents is 1. The summed E-state index contributed by atoms with van der Waals surface area (Å²) in [4.78, 5) is 62.5. The lowest BCUT2D eigenvalue weighted by molar-refractivity contribution is -0.384. The van der Waals surface area contributed by atoms with Gasteiger partial charge in [0.15, 0.2) is 23.2 Å². The third-order valence-electron chi connectivity index (χ3n) is 16.3. The molecule has 66 heavy (non-hydrogen) atoms. The number of hydrogen-bond donors (Lipinski definition) is 2. The zero-order chi connectivity index (χ0) is 46.8. The first-order valence-electron chi connectivity index (χ1n) is 24.4. The largest absolute Gasteiger partial charge is 0.462 e. The molecule has 0 spiro atoms. The highest BCUT2D eigenvalue weighted by molar-refractivity contribution is 5.93. The summed E-state index contributed by atoms with van der Waals surface area (Å²) in [5.41, 5.74) is 3.26. The van der Waals surface area contributed by atoms with Crippen LogP contribution < -0.4 is 5.32 Å². The fourth-order valence-electron chi connectivity index (χ4n) is 12.9. The number of nitro groups is 1. The Hall–Kier alpha value is -4.96. The molecule has 2 N–H and O–H groups in total. The molecule has 11 atom stereocenters. The molecule has 4 unspecified atom stereocenters. The Balaban J connectivity index is 0.815. The molecule has 2 aromatic heterocycles. The fraction of sp³-hybridized carbons (Fsp3) is 0.680. The van der Waals surface area contributed by atoms with Gasteiger partial charge in [-0.1, -0.05) is 77.7 Å². The van der Waals surface area contributed by atoms with Crippen molar-refractivity contribution in [3.63, 3.8) is 0 Å². The van der Waals surface area contributed by atoms with Gasteiger partial charge in [0, 0.05) is 31.4 Å². The van der Waals surface area contributed by atoms with E-state index in [2.05, 4.69) is 61.0 Å². The SMILES string of the molecule is CC(C)CCC[C@@H](C)[C@H]1CCC2C3CC=C4CC(OC(=O)CCC(=O)O[C@@H]5C[C@@H](CO)O[C@H]5n5cnc6c(NC(=O)OCCc7ccc([N+](=O)[O-])cc7)ncnc65)CC[C@]4(C)C3CC[C@@]21C. The first-order chi connectivity index (χ1) is 31.7. The molecule has 8 rings (SSSR count). The number of carbonyl (C=O) groups is 3. The molecule has 16 heteroatoms. The van der Waals surface area contributed by atoms with E-state index in [1.54, 1.807) is 16.7 Å². The maximum absolute atomic E-state index is 13.3. The van der Waals surface area contributed by atoms with Crippen molar-refractivity contribution in [2.24, 2.45) is 46.3 Å². The molecular formula is C50H68N6O10. The van der Waals surface area contributed by atoms with Gasteiger partial charge in [-0.25, -0.2) is 19.7 Å². The van der Waals surface area contributed by atoms with Gasteiger partial charge in [0.2, 0.25) is 0 Å². The number of anilines is 1. The molecule has 3 heterocycles. The summed E-state index contributed by atoms with van der Waals surface area (Å²) >= 11 is 0. The van der Waals surface area contributed by atoms with E-state index in [-0.39, 0.29) is 66.7 Å². The van der Waals surface area contributed by atoms with Gasteiger partial charge in [-0.05, 0) is 96.8 Å². The number of imidazole rings is 1. The van der Waals surface area contributed by atoms with E-state index in [0.29, 0.717) is 17.8 Å². The summed E-state index contributed by atoms with van der Waals surface area (Å²) in [5.74, 6) is 3.65. The summed E-state index contributed by atoms with van der Waals surface area (Å²) < 4.78 is 24.8. The highest BCUT2D eigenvalue weighted by atomic mass is 16.6. The molecule has 1 aromatic carbocycles. The van der Waals surface area contributed by atoms with E-state index < -0.39 is 41.4 Å². The van der Waals surface area contributed by atoms with Crippen LogP contribution >= 0.6 is 0 Å². The zero-order valence-corrected chi connectivity index (χ0v) is 39.2. The van der Waals surface area contributed by atoms with Crippen LogP contribution in [-0.4, -0.2) is 79.1 Å². The lowest BCUT2D eigenvalue weighted by Gasteiger charge is -2.58. The Morgan fingerprint density at radius 3 is 2.50 bits per heavy atom. The average molecular weight is 913 g/mol. The number of rotatable bonds is 17. The van der Waals surface area contributed by atoms with Crippen LogP contribution in [0.3, 0.4) is 0 Å². The zero-order valence-electron chi connectivity index (χ0n) is 39.2. The van der Waals surface area contributed by atoms with Crippen molar-refractivity contribution in [3.8, 4) is 0 Å². The van der Waals surface area contributed by atoms with E-state index in [1.807, 2.05) is 0 Å². The number of nitro benzene ring substituents is 1. The fourth-order valence-corrected chi connectivity index (χ4v) is 12.9. The van der Waals surface area contributed by atoms with Crippen molar-refractivity contribution in [2.45, 2.75) is 155 Å². The summed E-state index contributed by atoms with van der Waals surface area (Å²) in [6.45, 7) is 12.0. The third kappa shape index (κ3) is 10.00. The number of aromatic nitrogens is 4. The van der Waals surface area contributed by atoms with Gasteiger partial charge in [-0.2, -0.15) is 0 Å². The Morgan fingerprint density at radius 2 is 1.76 bits per heavy atom. The topological polar surface area (TPSA) is 207 Å². The van der Waals surface area contributed by atoms with Gasteiger partial charge in [-0.15, -0.1) is 0 Å². The van der Waals surface area contributed by atoms with Gasteiger partial charge >= 0.3 is 18.0 Å². The van der Waals surface area contributed by atoms with E-state index in [9.17, 15) is 29.6 Å². The van der Waals surface area contributed by atoms with Crippen LogP contribution in [0.15, 0.2) is 48.6 Å². The van der Waals surface area contributed by atoms with Crippen LogP contribution in [0.5, 0.6) is 0 Å². The van der Waals surface area contributed by atoms with Gasteiger partial charge in [-0.3, -0.25) is 29.6 Å². The van der Waals surface area contributed by atoms with Gasteiger partial charge in [0.1, 0.15) is 18.5 Å².